The molecule has 0 amide bonds. The average Bonchev–Trinajstić information content (AvgIpc) is 2.97. The van der Waals surface area contributed by atoms with Crippen LogP contribution in [0.25, 0.3) is 0 Å². The summed E-state index contributed by atoms with van der Waals surface area (Å²) in [6.07, 6.45) is 4.35. The summed E-state index contributed by atoms with van der Waals surface area (Å²) in [4.78, 5) is 22.6. The Kier molecular flexibility index (Phi) is 3.88. The van der Waals surface area contributed by atoms with Gasteiger partial charge in [-0.15, -0.1) is 0 Å². The van der Waals surface area contributed by atoms with Crippen molar-refractivity contribution in [1.29, 1.82) is 0 Å². The molecule has 1 N–H and O–H groups in total. The van der Waals surface area contributed by atoms with Gasteiger partial charge in [-0.3, -0.25) is 9.59 Å². The summed E-state index contributed by atoms with van der Waals surface area (Å²) in [6, 6.07) is 0. The van der Waals surface area contributed by atoms with E-state index in [0.717, 1.165) is 25.7 Å². The van der Waals surface area contributed by atoms with Gasteiger partial charge in [-0.05, 0) is 57.8 Å². The van der Waals surface area contributed by atoms with Crippen molar-refractivity contribution in [3.63, 3.8) is 0 Å². The fourth-order valence-corrected chi connectivity index (χ4v) is 3.43. The van der Waals surface area contributed by atoms with E-state index >= 15 is 0 Å². The molecule has 0 spiro atoms. The Balaban J connectivity index is 1.71. The van der Waals surface area contributed by atoms with Crippen molar-refractivity contribution >= 4 is 11.9 Å². The maximum atomic E-state index is 11.6. The van der Waals surface area contributed by atoms with Crippen molar-refractivity contribution in [1.82, 2.24) is 0 Å². The first-order valence-electron chi connectivity index (χ1n) is 7.22. The van der Waals surface area contributed by atoms with Gasteiger partial charge in [0.25, 0.3) is 0 Å². The largest absolute Gasteiger partial charge is 0.481 e. The standard InChI is InChI=1S/C15H24O4/c1-15(2,3)19-12(16)7-5-9-4-6-10-11(8-9)13(10)14(17)18/h9-11,13H,4-8H2,1-3H3,(H,17,18)/t9?,10-,11+,13+/m1/s1. The molecule has 108 valence electrons. The highest BCUT2D eigenvalue weighted by atomic mass is 16.6. The van der Waals surface area contributed by atoms with Gasteiger partial charge < -0.3 is 9.84 Å². The molecular weight excluding hydrogens is 244 g/mol. The number of carboxylic acid groups (broad SMARTS) is 1. The molecular formula is C15H24O4. The fourth-order valence-electron chi connectivity index (χ4n) is 3.43. The summed E-state index contributed by atoms with van der Waals surface area (Å²) in [5.41, 5.74) is -0.417. The summed E-state index contributed by atoms with van der Waals surface area (Å²) < 4.78 is 5.29. The molecule has 4 heteroatoms. The van der Waals surface area contributed by atoms with E-state index in [1.54, 1.807) is 0 Å². The van der Waals surface area contributed by atoms with Crippen molar-refractivity contribution in [3.8, 4) is 0 Å². The van der Waals surface area contributed by atoms with Crippen LogP contribution in [0.3, 0.4) is 0 Å². The first-order valence-corrected chi connectivity index (χ1v) is 7.22. The predicted octanol–water partition coefficient (Wildman–Crippen LogP) is 2.86. The van der Waals surface area contributed by atoms with Crippen LogP contribution < -0.4 is 0 Å². The molecule has 4 nitrogen and oxygen atoms in total. The van der Waals surface area contributed by atoms with Crippen LogP contribution in [-0.2, 0) is 14.3 Å². The zero-order valence-electron chi connectivity index (χ0n) is 12.0. The van der Waals surface area contributed by atoms with Gasteiger partial charge in [-0.2, -0.15) is 0 Å². The van der Waals surface area contributed by atoms with E-state index in [2.05, 4.69) is 0 Å². The highest BCUT2D eigenvalue weighted by Crippen LogP contribution is 2.57. The Hall–Kier alpha value is -1.06. The summed E-state index contributed by atoms with van der Waals surface area (Å²) in [6.45, 7) is 5.62. The van der Waals surface area contributed by atoms with Crippen molar-refractivity contribution in [2.24, 2.45) is 23.7 Å². The maximum Gasteiger partial charge on any atom is 0.307 e. The quantitative estimate of drug-likeness (QED) is 0.796. The second kappa shape index (κ2) is 5.14. The van der Waals surface area contributed by atoms with E-state index in [-0.39, 0.29) is 11.9 Å². The van der Waals surface area contributed by atoms with Gasteiger partial charge in [0.15, 0.2) is 0 Å². The second-order valence-corrected chi connectivity index (χ2v) is 7.00. The molecule has 0 aliphatic heterocycles. The minimum atomic E-state index is -0.636. The number of carboxylic acids is 1. The van der Waals surface area contributed by atoms with Crippen molar-refractivity contribution < 1.29 is 19.4 Å². The first kappa shape index (κ1) is 14.4. The molecule has 0 saturated heterocycles. The Morgan fingerprint density at radius 1 is 1.21 bits per heavy atom. The molecule has 2 rings (SSSR count). The van der Waals surface area contributed by atoms with Crippen molar-refractivity contribution in [2.75, 3.05) is 0 Å². The van der Waals surface area contributed by atoms with Crippen LogP contribution in [0.4, 0.5) is 0 Å². The Morgan fingerprint density at radius 3 is 2.47 bits per heavy atom. The number of carbonyl (C=O) groups is 2. The van der Waals surface area contributed by atoms with Gasteiger partial charge in [-0.1, -0.05) is 6.42 Å². The number of rotatable bonds is 4. The maximum absolute atomic E-state index is 11.6. The van der Waals surface area contributed by atoms with E-state index in [0.29, 0.717) is 24.2 Å². The Labute approximate surface area is 114 Å². The van der Waals surface area contributed by atoms with Crippen LogP contribution in [0.5, 0.6) is 0 Å². The second-order valence-electron chi connectivity index (χ2n) is 7.00. The number of esters is 1. The van der Waals surface area contributed by atoms with E-state index < -0.39 is 11.6 Å². The summed E-state index contributed by atoms with van der Waals surface area (Å²) >= 11 is 0. The zero-order valence-corrected chi connectivity index (χ0v) is 12.0. The van der Waals surface area contributed by atoms with Gasteiger partial charge in [0.05, 0.1) is 5.92 Å². The summed E-state index contributed by atoms with van der Waals surface area (Å²) in [5, 5.41) is 9.04. The Bertz CT molecular complexity index is 369. The lowest BCUT2D eigenvalue weighted by Gasteiger charge is -2.22. The number of carbonyl (C=O) groups excluding carboxylic acids is 1. The van der Waals surface area contributed by atoms with Crippen LogP contribution in [0, 0.1) is 23.7 Å². The van der Waals surface area contributed by atoms with Crippen LogP contribution in [0.2, 0.25) is 0 Å². The number of hydrogen-bond donors (Lipinski definition) is 1. The molecule has 4 atom stereocenters. The van der Waals surface area contributed by atoms with Gasteiger partial charge in [0, 0.05) is 6.42 Å². The SMILES string of the molecule is CC(C)(C)OC(=O)CCC1CC[C@@H]2[C@H](C1)[C@H]2C(=O)O. The van der Waals surface area contributed by atoms with Crippen molar-refractivity contribution in [3.05, 3.63) is 0 Å². The van der Waals surface area contributed by atoms with Gasteiger partial charge in [-0.25, -0.2) is 0 Å². The average molecular weight is 268 g/mol. The van der Waals surface area contributed by atoms with E-state index in [4.69, 9.17) is 9.84 Å². The van der Waals surface area contributed by atoms with Crippen LogP contribution in [0.15, 0.2) is 0 Å². The number of fused-ring (bicyclic) bond motifs is 1. The molecule has 2 aliphatic rings. The van der Waals surface area contributed by atoms with Gasteiger partial charge >= 0.3 is 11.9 Å². The Morgan fingerprint density at radius 2 is 1.89 bits per heavy atom. The lowest BCUT2D eigenvalue weighted by molar-refractivity contribution is -0.155. The molecule has 2 fully saturated rings. The highest BCUT2D eigenvalue weighted by Gasteiger charge is 2.56. The lowest BCUT2D eigenvalue weighted by Crippen LogP contribution is -2.24. The third-order valence-electron chi connectivity index (χ3n) is 4.31. The lowest BCUT2D eigenvalue weighted by atomic mass is 9.86. The first-order chi connectivity index (χ1) is 8.78. The minimum absolute atomic E-state index is 0.105. The molecule has 1 unspecified atom stereocenters. The summed E-state index contributed by atoms with van der Waals surface area (Å²) in [7, 11) is 0. The third kappa shape index (κ3) is 3.71. The van der Waals surface area contributed by atoms with Gasteiger partial charge in [0.1, 0.15) is 5.60 Å². The molecule has 0 radical (unpaired) electrons. The van der Waals surface area contributed by atoms with Crippen molar-refractivity contribution in [2.45, 2.75) is 58.5 Å². The molecule has 0 bridgehead atoms. The van der Waals surface area contributed by atoms with Crippen LogP contribution in [-0.4, -0.2) is 22.6 Å². The number of ether oxygens (including phenoxy) is 1. The fraction of sp³-hybridized carbons (Fsp3) is 0.867. The molecule has 0 aromatic rings. The predicted molar refractivity (Wildman–Crippen MR) is 70.5 cm³/mol. The number of aliphatic carboxylic acids is 1. The molecule has 2 saturated carbocycles. The van der Waals surface area contributed by atoms with Crippen LogP contribution >= 0.6 is 0 Å². The molecule has 2 aliphatic carbocycles. The van der Waals surface area contributed by atoms with E-state index in [1.807, 2.05) is 20.8 Å². The molecule has 0 heterocycles. The smallest absolute Gasteiger partial charge is 0.307 e. The monoisotopic (exact) mass is 268 g/mol. The molecule has 0 aromatic heterocycles. The van der Waals surface area contributed by atoms with E-state index in [9.17, 15) is 9.59 Å². The minimum Gasteiger partial charge on any atom is -0.481 e. The normalized spacial score (nSPS) is 33.4. The highest BCUT2D eigenvalue weighted by molar-refractivity contribution is 5.74. The zero-order chi connectivity index (χ0) is 14.2. The number of hydrogen-bond acceptors (Lipinski definition) is 3. The van der Waals surface area contributed by atoms with Crippen LogP contribution in [0.1, 0.15) is 52.9 Å². The van der Waals surface area contributed by atoms with Gasteiger partial charge in [0.2, 0.25) is 0 Å². The van der Waals surface area contributed by atoms with E-state index in [1.165, 1.54) is 0 Å². The molecule has 0 aromatic carbocycles. The third-order valence-corrected chi connectivity index (χ3v) is 4.31. The summed E-state index contributed by atoms with van der Waals surface area (Å²) in [5.74, 6) is 0.401. The topological polar surface area (TPSA) is 63.6 Å². The molecule has 19 heavy (non-hydrogen) atoms.